The Labute approximate surface area is 542 Å². The van der Waals surface area contributed by atoms with Gasteiger partial charge in [-0.25, -0.2) is 4.85 Å². The minimum atomic E-state index is -0.271. The molecule has 0 spiro atoms. The first-order valence-corrected chi connectivity index (χ1v) is 25.4. The predicted molar refractivity (Wildman–Crippen MR) is 323 cm³/mol. The van der Waals surface area contributed by atoms with E-state index in [1.807, 2.05) is 185 Å². The topological polar surface area (TPSA) is 55.9 Å². The van der Waals surface area contributed by atoms with E-state index < -0.39 is 0 Å². The quantitative estimate of drug-likeness (QED) is 0.142. The van der Waals surface area contributed by atoms with Gasteiger partial charge in [-0.05, 0) is 88.6 Å². The second kappa shape index (κ2) is 34.7. The third-order valence-corrected chi connectivity index (χ3v) is 12.4. The summed E-state index contributed by atoms with van der Waals surface area (Å²) in [5, 5.41) is 0. The number of halogens is 1. The van der Waals surface area contributed by atoms with E-state index in [9.17, 15) is 4.39 Å². The van der Waals surface area contributed by atoms with Gasteiger partial charge in [0.05, 0.1) is 6.57 Å². The first-order chi connectivity index (χ1) is 38.3. The summed E-state index contributed by atoms with van der Waals surface area (Å²) in [7, 11) is 0. The van der Waals surface area contributed by atoms with Crippen LogP contribution in [0.1, 0.15) is 24.1 Å². The summed E-state index contributed by atoms with van der Waals surface area (Å²) in [6, 6.07) is 89.9. The molecule has 5 nitrogen and oxygen atoms in total. The number of aromatic nitrogens is 4. The smallest absolute Gasteiger partial charge is 0.187 e. The van der Waals surface area contributed by atoms with Gasteiger partial charge in [0.15, 0.2) is 5.69 Å². The van der Waals surface area contributed by atoms with Gasteiger partial charge in [-0.2, -0.15) is 0 Å². The first-order valence-electron chi connectivity index (χ1n) is 25.4. The van der Waals surface area contributed by atoms with Crippen molar-refractivity contribution in [2.75, 3.05) is 0 Å². The summed E-state index contributed by atoms with van der Waals surface area (Å²) in [4.78, 5) is 21.0. The summed E-state index contributed by atoms with van der Waals surface area (Å²) in [5.74, 6) is -0.271. The molecule has 0 amide bonds. The Balaban J connectivity index is 0.000000233. The van der Waals surface area contributed by atoms with Crippen molar-refractivity contribution in [2.45, 2.75) is 28.2 Å². The molecule has 0 aliphatic carbocycles. The van der Waals surface area contributed by atoms with Crippen LogP contribution >= 0.6 is 0 Å². The molecule has 0 bridgehead atoms. The summed E-state index contributed by atoms with van der Waals surface area (Å²) in [6.07, 6.45) is 7.35. The van der Waals surface area contributed by atoms with Crippen LogP contribution in [-0.4, -0.2) is 19.9 Å². The minimum Gasteiger partial charge on any atom is -0.305 e. The molecular formula is C73H56FIr4N5-4. The molecule has 0 atom stereocenters. The van der Waals surface area contributed by atoms with Crippen molar-refractivity contribution in [3.05, 3.63) is 320 Å². The van der Waals surface area contributed by atoms with E-state index in [0.717, 1.165) is 72.8 Å². The zero-order chi connectivity index (χ0) is 53.9. The van der Waals surface area contributed by atoms with Crippen LogP contribution in [0.15, 0.2) is 261 Å². The zero-order valence-electron chi connectivity index (χ0n) is 44.8. The molecule has 0 aliphatic rings. The van der Waals surface area contributed by atoms with E-state index in [0.29, 0.717) is 11.3 Å². The standard InChI is InChI=1S/C19H13N2.C18H13FN.C18H14N.C17H12N.CH4.4Ir/c1-14-6-11-19(21-13-14)17-5-3-4-16(12-17)15-7-9-18(20-2)10-8-15;1-13-7-10-18(20-12-13)15-8-9-17(19)16(11-15)14-5-3-2-4-6-14;1-14-10-11-18(19-13-14)17-9-5-8-16(12-17)15-6-3-2-4-7-15;1-2-7-14(8-3-1)15-9-6-10-16(13-15)17-11-4-5-12-18-17;;;;;/h3-4,6-13H,1H3;2-7,9-12H,1H3;2-8,10-13H,1H3;1-9,11-13H;1H4;;;;/q4*-1;;;;;. The number of rotatable bonds is 8. The van der Waals surface area contributed by atoms with Crippen molar-refractivity contribution in [2.24, 2.45) is 0 Å². The monoisotopic (exact) mass is 1790 g/mol. The van der Waals surface area contributed by atoms with E-state index in [1.165, 1.54) is 33.9 Å². The molecule has 0 unspecified atom stereocenters. The number of hydrogen-bond donors (Lipinski definition) is 0. The SMILES string of the molecule is C.Cc1ccc(-c2[c-]cc(F)c(-c3ccccc3)c2)nc1.Cc1ccc(-c2[c-]ccc(-c3ccccc3)c2)nc1.[C-]#[N+]c1ccc(-c2cc[c-]c(-c3ccc(C)cn3)c2)cc1.[Ir].[Ir].[Ir].[Ir].[c-]1ccc(-c2ccccc2)cc1-c1ccccn1. The fourth-order valence-electron chi connectivity index (χ4n) is 8.24. The van der Waals surface area contributed by atoms with Crippen LogP contribution in [0.5, 0.6) is 0 Å². The number of pyridine rings is 4. The summed E-state index contributed by atoms with van der Waals surface area (Å²) in [6.45, 7) is 13.0. The predicted octanol–water partition coefficient (Wildman–Crippen LogP) is 19.1. The molecule has 0 saturated carbocycles. The number of aryl methyl sites for hydroxylation is 3. The minimum absolute atomic E-state index is 0. The fraction of sp³-hybridized carbons (Fsp3) is 0.0548. The molecule has 10 heteroatoms. The van der Waals surface area contributed by atoms with E-state index in [1.54, 1.807) is 18.5 Å². The van der Waals surface area contributed by atoms with Crippen molar-refractivity contribution >= 4 is 5.69 Å². The molecule has 8 aromatic carbocycles. The van der Waals surface area contributed by atoms with Crippen molar-refractivity contribution in [3.8, 4) is 89.5 Å². The van der Waals surface area contributed by atoms with Crippen LogP contribution < -0.4 is 0 Å². The van der Waals surface area contributed by atoms with Crippen LogP contribution in [-0.2, 0) is 80.4 Å². The van der Waals surface area contributed by atoms with Crippen LogP contribution in [0.2, 0.25) is 0 Å². The molecule has 420 valence electrons. The van der Waals surface area contributed by atoms with Crippen LogP contribution in [0.25, 0.3) is 94.4 Å². The first kappa shape index (κ1) is 67.9. The van der Waals surface area contributed by atoms with Gasteiger partial charge in [0.1, 0.15) is 0 Å². The molecule has 0 aliphatic heterocycles. The number of hydrogen-bond acceptors (Lipinski definition) is 4. The molecule has 0 fully saturated rings. The molecule has 4 aromatic heterocycles. The maximum atomic E-state index is 14.0. The van der Waals surface area contributed by atoms with Crippen LogP contribution in [0, 0.1) is 57.4 Å². The summed E-state index contributed by atoms with van der Waals surface area (Å²) in [5.41, 5.74) is 19.9. The van der Waals surface area contributed by atoms with Crippen molar-refractivity contribution in [1.82, 2.24) is 19.9 Å². The van der Waals surface area contributed by atoms with Crippen molar-refractivity contribution in [1.29, 1.82) is 0 Å². The largest absolute Gasteiger partial charge is 0.305 e. The second-order valence-corrected chi connectivity index (χ2v) is 18.2. The maximum Gasteiger partial charge on any atom is 0.187 e. The average Bonchev–Trinajstić information content (AvgIpc) is 3.60. The van der Waals surface area contributed by atoms with E-state index in [2.05, 4.69) is 122 Å². The van der Waals surface area contributed by atoms with Crippen LogP contribution in [0.3, 0.4) is 0 Å². The third-order valence-electron chi connectivity index (χ3n) is 12.4. The van der Waals surface area contributed by atoms with Gasteiger partial charge in [0, 0.05) is 111 Å². The van der Waals surface area contributed by atoms with Gasteiger partial charge in [-0.1, -0.05) is 177 Å². The Morgan fingerprint density at radius 3 is 1.08 bits per heavy atom. The molecule has 12 rings (SSSR count). The van der Waals surface area contributed by atoms with Gasteiger partial charge < -0.3 is 19.9 Å². The Hall–Kier alpha value is -7.62. The zero-order valence-corrected chi connectivity index (χ0v) is 54.4. The van der Waals surface area contributed by atoms with Crippen molar-refractivity contribution in [3.63, 3.8) is 0 Å². The Morgan fingerprint density at radius 1 is 0.361 bits per heavy atom. The normalized spacial score (nSPS) is 9.67. The Morgan fingerprint density at radius 2 is 0.723 bits per heavy atom. The number of nitrogens with zero attached hydrogens (tertiary/aromatic N) is 5. The molecule has 0 saturated heterocycles. The van der Waals surface area contributed by atoms with E-state index >= 15 is 0 Å². The molecule has 4 radical (unpaired) electrons. The van der Waals surface area contributed by atoms with Crippen LogP contribution in [0.4, 0.5) is 10.1 Å². The molecule has 4 heterocycles. The molecular weight excluding hydrogens is 1730 g/mol. The Bertz CT molecular complexity index is 3810. The number of benzene rings is 8. The van der Waals surface area contributed by atoms with Gasteiger partial charge >= 0.3 is 0 Å². The second-order valence-electron chi connectivity index (χ2n) is 18.2. The summed E-state index contributed by atoms with van der Waals surface area (Å²) >= 11 is 0. The third kappa shape index (κ3) is 19.5. The fourth-order valence-corrected chi connectivity index (χ4v) is 8.24. The summed E-state index contributed by atoms with van der Waals surface area (Å²) < 4.78 is 14.0. The molecule has 83 heavy (non-hydrogen) atoms. The van der Waals surface area contributed by atoms with Gasteiger partial charge in [-0.15, -0.1) is 130 Å². The molecule has 0 N–H and O–H groups in total. The van der Waals surface area contributed by atoms with Gasteiger partial charge in [-0.3, -0.25) is 4.39 Å². The molecule has 12 aromatic rings. The van der Waals surface area contributed by atoms with E-state index in [4.69, 9.17) is 6.57 Å². The van der Waals surface area contributed by atoms with E-state index in [-0.39, 0.29) is 93.7 Å². The average molecular weight is 1790 g/mol. The van der Waals surface area contributed by atoms with Gasteiger partial charge in [0.25, 0.3) is 0 Å². The van der Waals surface area contributed by atoms with Crippen molar-refractivity contribution < 1.29 is 84.8 Å². The maximum absolute atomic E-state index is 14.0. The Kier molecular flexibility index (Phi) is 28.4. The van der Waals surface area contributed by atoms with Gasteiger partial charge in [0.2, 0.25) is 0 Å².